The number of carbonyl (C=O) groups excluding carboxylic acids is 1. The minimum atomic E-state index is -4.48. The number of rotatable bonds is 12. The molecule has 0 radical (unpaired) electrons. The van der Waals surface area contributed by atoms with Crippen LogP contribution in [-0.4, -0.2) is 30.8 Å². The van der Waals surface area contributed by atoms with Crippen molar-refractivity contribution in [1.29, 1.82) is 0 Å². The van der Waals surface area contributed by atoms with Crippen LogP contribution in [0.5, 0.6) is 0 Å². The van der Waals surface area contributed by atoms with Gasteiger partial charge in [-0.2, -0.15) is 5.26 Å². The molecular formula is C14H29NaO7S. The van der Waals surface area contributed by atoms with E-state index in [-0.39, 0.29) is 36.2 Å². The largest absolute Gasteiger partial charge is 1.00 e. The van der Waals surface area contributed by atoms with E-state index in [0.29, 0.717) is 6.42 Å². The number of hydrogen-bond acceptors (Lipinski definition) is 7. The fourth-order valence-corrected chi connectivity index (χ4v) is 2.07. The van der Waals surface area contributed by atoms with Crippen LogP contribution in [-0.2, 0) is 24.3 Å². The molecule has 0 aromatic heterocycles. The van der Waals surface area contributed by atoms with Gasteiger partial charge in [0.15, 0.2) is 0 Å². The monoisotopic (exact) mass is 364 g/mol. The summed E-state index contributed by atoms with van der Waals surface area (Å²) >= 11 is 0. The molecule has 9 heteroatoms. The summed E-state index contributed by atoms with van der Waals surface area (Å²) < 4.78 is 34.5. The van der Waals surface area contributed by atoms with Gasteiger partial charge in [0.25, 0.3) is 0 Å². The van der Waals surface area contributed by atoms with Gasteiger partial charge >= 0.3 is 35.5 Å². The molecule has 0 bridgehead atoms. The molecule has 0 amide bonds. The Hall–Kier alpha value is 0.300. The maximum atomic E-state index is 10.1. The smallest absolute Gasteiger partial charge is 0.726 e. The van der Waals surface area contributed by atoms with Crippen molar-refractivity contribution < 1.29 is 61.7 Å². The van der Waals surface area contributed by atoms with Crippen molar-refractivity contribution >= 4 is 16.4 Å². The van der Waals surface area contributed by atoms with Crippen molar-refractivity contribution in [3.8, 4) is 0 Å². The van der Waals surface area contributed by atoms with E-state index in [4.69, 9.17) is 5.26 Å². The molecule has 0 aromatic rings. The van der Waals surface area contributed by atoms with E-state index in [9.17, 15) is 17.8 Å². The van der Waals surface area contributed by atoms with E-state index in [0.717, 1.165) is 19.8 Å². The maximum Gasteiger partial charge on any atom is 1.00 e. The topological polar surface area (TPSA) is 113 Å². The molecule has 23 heavy (non-hydrogen) atoms. The molecule has 0 spiro atoms. The third-order valence-electron chi connectivity index (χ3n) is 2.85. The molecule has 0 aliphatic carbocycles. The predicted octanol–water partition coefficient (Wildman–Crippen LogP) is 0.411. The standard InChI is InChI=1S/C12H26O4S.C2H4O3.Na/c1-2-3-4-5-6-7-8-9-10-11-12-16-17(13,14)15;1-2(3)5-4;/h2-12H2,1H3,(H,13,14,15);4H,1H3;/q;;+1/p-1. The zero-order valence-corrected chi connectivity index (χ0v) is 17.4. The van der Waals surface area contributed by atoms with Gasteiger partial charge < -0.3 is 9.44 Å². The Morgan fingerprint density at radius 1 is 0.957 bits per heavy atom. The van der Waals surface area contributed by atoms with Crippen molar-refractivity contribution in [1.82, 2.24) is 0 Å². The fourth-order valence-electron chi connectivity index (χ4n) is 1.75. The zero-order valence-electron chi connectivity index (χ0n) is 14.6. The van der Waals surface area contributed by atoms with Gasteiger partial charge in [0.2, 0.25) is 10.4 Å². The molecule has 7 nitrogen and oxygen atoms in total. The minimum Gasteiger partial charge on any atom is -0.726 e. The molecular weight excluding hydrogens is 335 g/mol. The average molecular weight is 364 g/mol. The van der Waals surface area contributed by atoms with Crippen molar-refractivity contribution in [3.05, 3.63) is 0 Å². The van der Waals surface area contributed by atoms with Crippen LogP contribution in [0.3, 0.4) is 0 Å². The molecule has 0 heterocycles. The Morgan fingerprint density at radius 2 is 1.30 bits per heavy atom. The molecule has 0 saturated heterocycles. The van der Waals surface area contributed by atoms with Gasteiger partial charge in [0, 0.05) is 6.92 Å². The van der Waals surface area contributed by atoms with Crippen LogP contribution in [0.25, 0.3) is 0 Å². The van der Waals surface area contributed by atoms with Gasteiger partial charge in [-0.25, -0.2) is 13.2 Å². The van der Waals surface area contributed by atoms with Gasteiger partial charge in [-0.3, -0.25) is 4.18 Å². The van der Waals surface area contributed by atoms with E-state index in [1.54, 1.807) is 0 Å². The molecule has 0 aromatic carbocycles. The summed E-state index contributed by atoms with van der Waals surface area (Å²) in [6, 6.07) is 0. The van der Waals surface area contributed by atoms with Gasteiger partial charge in [-0.1, -0.05) is 64.7 Å². The normalized spacial score (nSPS) is 10.3. The Balaban J connectivity index is -0.000000578. The molecule has 134 valence electrons. The Labute approximate surface area is 162 Å². The van der Waals surface area contributed by atoms with E-state index in [2.05, 4.69) is 16.0 Å². The third kappa shape index (κ3) is 34.6. The third-order valence-corrected chi connectivity index (χ3v) is 3.31. The van der Waals surface area contributed by atoms with E-state index >= 15 is 0 Å². The molecule has 0 fully saturated rings. The van der Waals surface area contributed by atoms with Gasteiger partial charge in [0.1, 0.15) is 0 Å². The van der Waals surface area contributed by atoms with E-state index in [1.165, 1.54) is 44.9 Å². The summed E-state index contributed by atoms with van der Waals surface area (Å²) in [6.07, 6.45) is 11.7. The summed E-state index contributed by atoms with van der Waals surface area (Å²) in [5.74, 6) is -0.690. The maximum absolute atomic E-state index is 10.1. The first kappa shape index (κ1) is 28.1. The van der Waals surface area contributed by atoms with Crippen molar-refractivity contribution in [2.75, 3.05) is 6.61 Å². The van der Waals surface area contributed by atoms with Crippen LogP contribution in [0, 0.1) is 0 Å². The van der Waals surface area contributed by atoms with Crippen LogP contribution in [0.15, 0.2) is 0 Å². The second-order valence-corrected chi connectivity index (χ2v) is 6.05. The number of unbranched alkanes of at least 4 members (excludes halogenated alkanes) is 9. The summed E-state index contributed by atoms with van der Waals surface area (Å²) in [7, 11) is -4.48. The summed E-state index contributed by atoms with van der Waals surface area (Å²) in [4.78, 5) is 12.5. The number of hydrogen-bond donors (Lipinski definition) is 1. The number of carbonyl (C=O) groups is 1. The Kier molecular flexibility index (Phi) is 24.9. The van der Waals surface area contributed by atoms with Gasteiger partial charge in [0.05, 0.1) is 6.61 Å². The van der Waals surface area contributed by atoms with Crippen molar-refractivity contribution in [2.45, 2.75) is 78.1 Å². The molecule has 1 N–H and O–H groups in total. The second kappa shape index (κ2) is 20.3. The van der Waals surface area contributed by atoms with Crippen LogP contribution in [0.2, 0.25) is 0 Å². The molecule has 0 aliphatic heterocycles. The van der Waals surface area contributed by atoms with Gasteiger partial charge in [-0.05, 0) is 6.42 Å². The predicted molar refractivity (Wildman–Crippen MR) is 81.9 cm³/mol. The van der Waals surface area contributed by atoms with Crippen LogP contribution in [0.1, 0.15) is 78.1 Å². The molecule has 0 aliphatic rings. The summed E-state index contributed by atoms with van der Waals surface area (Å²) in [5.41, 5.74) is 0. The molecule has 0 rings (SSSR count). The quantitative estimate of drug-likeness (QED) is 0.133. The SMILES string of the molecule is CC(=O)OO.CCCCCCCCCCCCOS(=O)(=O)[O-].[Na+]. The van der Waals surface area contributed by atoms with E-state index < -0.39 is 16.4 Å². The Morgan fingerprint density at radius 3 is 1.61 bits per heavy atom. The first-order chi connectivity index (χ1) is 10.3. The second-order valence-electron chi connectivity index (χ2n) is 5.00. The van der Waals surface area contributed by atoms with Crippen molar-refractivity contribution in [2.24, 2.45) is 0 Å². The average Bonchev–Trinajstić information content (AvgIpc) is 2.44. The minimum absolute atomic E-state index is 0. The van der Waals surface area contributed by atoms with Crippen LogP contribution >= 0.6 is 0 Å². The van der Waals surface area contributed by atoms with Crippen LogP contribution < -0.4 is 29.6 Å². The Bertz CT molecular complexity index is 347. The first-order valence-electron chi connectivity index (χ1n) is 7.75. The van der Waals surface area contributed by atoms with E-state index in [1.807, 2.05) is 0 Å². The summed E-state index contributed by atoms with van der Waals surface area (Å²) in [5, 5.41) is 7.29. The first-order valence-corrected chi connectivity index (χ1v) is 9.09. The molecule has 0 unspecified atom stereocenters. The van der Waals surface area contributed by atoms with Crippen LogP contribution in [0.4, 0.5) is 0 Å². The van der Waals surface area contributed by atoms with Crippen molar-refractivity contribution in [3.63, 3.8) is 0 Å². The molecule has 0 saturated carbocycles. The zero-order chi connectivity index (χ0) is 17.3. The summed E-state index contributed by atoms with van der Waals surface area (Å²) in [6.45, 7) is 3.35. The molecule has 0 atom stereocenters. The fraction of sp³-hybridized carbons (Fsp3) is 0.929. The van der Waals surface area contributed by atoms with Gasteiger partial charge in [-0.15, -0.1) is 0 Å².